The molecule has 1 fully saturated rings. The highest BCUT2D eigenvalue weighted by Crippen LogP contribution is 2.21. The van der Waals surface area contributed by atoms with E-state index < -0.39 is 6.04 Å². The maximum Gasteiger partial charge on any atom is 0.239 e. The van der Waals surface area contributed by atoms with Crippen LogP contribution in [0.2, 0.25) is 0 Å². The highest BCUT2D eigenvalue weighted by molar-refractivity contribution is 5.92. The maximum absolute atomic E-state index is 12.9. The second-order valence-corrected chi connectivity index (χ2v) is 6.83. The van der Waals surface area contributed by atoms with Crippen LogP contribution in [-0.2, 0) is 9.59 Å². The zero-order valence-corrected chi connectivity index (χ0v) is 14.3. The van der Waals surface area contributed by atoms with Gasteiger partial charge in [0.05, 0.1) is 6.04 Å². The van der Waals surface area contributed by atoms with E-state index in [0.717, 1.165) is 0 Å². The van der Waals surface area contributed by atoms with Crippen molar-refractivity contribution in [3.05, 3.63) is 30.1 Å². The van der Waals surface area contributed by atoms with Gasteiger partial charge in [-0.3, -0.25) is 9.59 Å². The van der Waals surface area contributed by atoms with Crippen molar-refractivity contribution in [2.45, 2.75) is 39.2 Å². The third-order valence-corrected chi connectivity index (χ3v) is 4.33. The first-order chi connectivity index (χ1) is 11.4. The highest BCUT2D eigenvalue weighted by atomic mass is 19.1. The van der Waals surface area contributed by atoms with Gasteiger partial charge >= 0.3 is 0 Å². The van der Waals surface area contributed by atoms with Gasteiger partial charge in [-0.1, -0.05) is 13.8 Å². The summed E-state index contributed by atoms with van der Waals surface area (Å²) < 4.78 is 12.9. The van der Waals surface area contributed by atoms with Crippen molar-refractivity contribution in [1.82, 2.24) is 4.90 Å². The predicted molar refractivity (Wildman–Crippen MR) is 91.8 cm³/mol. The Morgan fingerprint density at radius 3 is 2.38 bits per heavy atom. The molecule has 24 heavy (non-hydrogen) atoms. The lowest BCUT2D eigenvalue weighted by Crippen LogP contribution is -2.48. The summed E-state index contributed by atoms with van der Waals surface area (Å²) in [6.07, 6.45) is 1.91. The van der Waals surface area contributed by atoms with Crippen LogP contribution in [0.4, 0.5) is 10.1 Å². The number of nitrogens with zero attached hydrogens (tertiary/aromatic N) is 1. The Hall–Kier alpha value is -1.95. The fraction of sp³-hybridized carbons (Fsp3) is 0.556. The normalized spacial score (nSPS) is 17.0. The molecule has 1 aromatic rings. The minimum absolute atomic E-state index is 0.0268. The Balaban J connectivity index is 1.82. The molecule has 132 valence electrons. The lowest BCUT2D eigenvalue weighted by molar-refractivity contribution is -0.136. The number of halogens is 1. The van der Waals surface area contributed by atoms with Gasteiger partial charge in [0.1, 0.15) is 5.82 Å². The molecule has 1 atom stereocenters. The summed E-state index contributed by atoms with van der Waals surface area (Å²) in [4.78, 5) is 26.3. The van der Waals surface area contributed by atoms with Gasteiger partial charge in [0.25, 0.3) is 0 Å². The van der Waals surface area contributed by atoms with Gasteiger partial charge in [0.2, 0.25) is 11.8 Å². The maximum atomic E-state index is 12.9. The number of nitrogens with two attached hydrogens (primary N) is 1. The van der Waals surface area contributed by atoms with Crippen molar-refractivity contribution in [2.24, 2.45) is 17.6 Å². The third-order valence-electron chi connectivity index (χ3n) is 4.33. The number of carbonyl (C=O) groups is 2. The second kappa shape index (κ2) is 8.24. The monoisotopic (exact) mass is 335 g/mol. The average molecular weight is 335 g/mol. The predicted octanol–water partition coefficient (Wildman–Crippen LogP) is 2.38. The van der Waals surface area contributed by atoms with Crippen molar-refractivity contribution >= 4 is 17.5 Å². The van der Waals surface area contributed by atoms with Crippen LogP contribution in [0.5, 0.6) is 0 Å². The molecule has 1 aliphatic heterocycles. The SMILES string of the molecule is CC(C)C[C@H](N)C(=O)N1CCC(C(=O)Nc2ccc(F)cc2)CC1. The first-order valence-electron chi connectivity index (χ1n) is 8.47. The molecule has 0 unspecified atom stereocenters. The summed E-state index contributed by atoms with van der Waals surface area (Å²) in [5.74, 6) is -0.206. The zero-order chi connectivity index (χ0) is 17.7. The number of benzene rings is 1. The minimum Gasteiger partial charge on any atom is -0.341 e. The number of hydrogen-bond donors (Lipinski definition) is 2. The van der Waals surface area contributed by atoms with E-state index in [9.17, 15) is 14.0 Å². The second-order valence-electron chi connectivity index (χ2n) is 6.83. The molecule has 0 bridgehead atoms. The van der Waals surface area contributed by atoms with E-state index in [1.165, 1.54) is 24.3 Å². The number of amides is 2. The number of carbonyl (C=O) groups excluding carboxylic acids is 2. The van der Waals surface area contributed by atoms with E-state index in [1.807, 2.05) is 13.8 Å². The Morgan fingerprint density at radius 2 is 1.83 bits per heavy atom. The lowest BCUT2D eigenvalue weighted by atomic mass is 9.94. The van der Waals surface area contributed by atoms with Crippen LogP contribution >= 0.6 is 0 Å². The minimum atomic E-state index is -0.463. The van der Waals surface area contributed by atoms with Gasteiger partial charge in [-0.2, -0.15) is 0 Å². The van der Waals surface area contributed by atoms with E-state index in [0.29, 0.717) is 44.0 Å². The van der Waals surface area contributed by atoms with Crippen molar-refractivity contribution in [2.75, 3.05) is 18.4 Å². The number of likely N-dealkylation sites (tertiary alicyclic amines) is 1. The summed E-state index contributed by atoms with van der Waals surface area (Å²) in [6, 6.07) is 5.24. The zero-order valence-electron chi connectivity index (χ0n) is 14.3. The molecule has 0 aromatic heterocycles. The van der Waals surface area contributed by atoms with Crippen molar-refractivity contribution < 1.29 is 14.0 Å². The van der Waals surface area contributed by atoms with Crippen LogP contribution in [-0.4, -0.2) is 35.8 Å². The molecule has 2 rings (SSSR count). The fourth-order valence-corrected chi connectivity index (χ4v) is 2.98. The fourth-order valence-electron chi connectivity index (χ4n) is 2.98. The topological polar surface area (TPSA) is 75.4 Å². The quantitative estimate of drug-likeness (QED) is 0.867. The van der Waals surface area contributed by atoms with Crippen LogP contribution in [0.3, 0.4) is 0 Å². The molecule has 1 aliphatic rings. The highest BCUT2D eigenvalue weighted by Gasteiger charge is 2.29. The Bertz CT molecular complexity index is 566. The van der Waals surface area contributed by atoms with Crippen LogP contribution < -0.4 is 11.1 Å². The molecule has 0 aliphatic carbocycles. The van der Waals surface area contributed by atoms with E-state index in [-0.39, 0.29) is 23.5 Å². The molecule has 2 amide bonds. The van der Waals surface area contributed by atoms with E-state index in [4.69, 9.17) is 5.73 Å². The smallest absolute Gasteiger partial charge is 0.239 e. The number of piperidine rings is 1. The largest absolute Gasteiger partial charge is 0.341 e. The molecule has 1 heterocycles. The molecule has 6 heteroatoms. The van der Waals surface area contributed by atoms with Crippen LogP contribution in [0, 0.1) is 17.7 Å². The standard InChI is InChI=1S/C18H26FN3O2/c1-12(2)11-16(20)18(24)22-9-7-13(8-10-22)17(23)21-15-5-3-14(19)4-6-15/h3-6,12-13,16H,7-11,20H2,1-2H3,(H,21,23)/t16-/m0/s1. The van der Waals surface area contributed by atoms with Crippen LogP contribution in [0.25, 0.3) is 0 Å². The molecule has 3 N–H and O–H groups in total. The number of rotatable bonds is 5. The average Bonchev–Trinajstić information content (AvgIpc) is 2.55. The lowest BCUT2D eigenvalue weighted by Gasteiger charge is -2.33. The van der Waals surface area contributed by atoms with Crippen molar-refractivity contribution in [3.8, 4) is 0 Å². The summed E-state index contributed by atoms with van der Waals surface area (Å²) in [5.41, 5.74) is 6.54. The Morgan fingerprint density at radius 1 is 1.25 bits per heavy atom. The van der Waals surface area contributed by atoms with Gasteiger partial charge in [-0.15, -0.1) is 0 Å². The van der Waals surface area contributed by atoms with E-state index in [1.54, 1.807) is 4.90 Å². The molecule has 0 spiro atoms. The van der Waals surface area contributed by atoms with E-state index >= 15 is 0 Å². The van der Waals surface area contributed by atoms with Gasteiger partial charge < -0.3 is 16.0 Å². The molecular formula is C18H26FN3O2. The Kier molecular flexibility index (Phi) is 6.31. The number of hydrogen-bond acceptors (Lipinski definition) is 3. The van der Waals surface area contributed by atoms with Gasteiger partial charge in [0.15, 0.2) is 0 Å². The first kappa shape index (κ1) is 18.4. The van der Waals surface area contributed by atoms with Crippen molar-refractivity contribution in [1.29, 1.82) is 0 Å². The Labute approximate surface area is 142 Å². The molecular weight excluding hydrogens is 309 g/mol. The summed E-state index contributed by atoms with van der Waals surface area (Å²) in [6.45, 7) is 5.18. The molecule has 5 nitrogen and oxygen atoms in total. The van der Waals surface area contributed by atoms with E-state index in [2.05, 4.69) is 5.32 Å². The summed E-state index contributed by atoms with van der Waals surface area (Å²) in [7, 11) is 0. The van der Waals surface area contributed by atoms with Crippen molar-refractivity contribution in [3.63, 3.8) is 0 Å². The third kappa shape index (κ3) is 5.03. The molecule has 0 radical (unpaired) electrons. The van der Waals surface area contributed by atoms with Gasteiger partial charge in [0, 0.05) is 24.7 Å². The molecule has 1 aromatic carbocycles. The molecule has 1 saturated heterocycles. The number of anilines is 1. The number of nitrogens with one attached hydrogen (secondary N) is 1. The molecule has 0 saturated carbocycles. The van der Waals surface area contributed by atoms with Gasteiger partial charge in [-0.05, 0) is 49.4 Å². The van der Waals surface area contributed by atoms with Crippen LogP contribution in [0.1, 0.15) is 33.1 Å². The first-order valence-corrected chi connectivity index (χ1v) is 8.47. The summed E-state index contributed by atoms with van der Waals surface area (Å²) >= 11 is 0. The van der Waals surface area contributed by atoms with Gasteiger partial charge in [-0.25, -0.2) is 4.39 Å². The summed E-state index contributed by atoms with van der Waals surface area (Å²) in [5, 5.41) is 2.80. The van der Waals surface area contributed by atoms with Crippen LogP contribution in [0.15, 0.2) is 24.3 Å².